The molecule has 0 unspecified atom stereocenters. The van der Waals surface area contributed by atoms with Crippen LogP contribution in [0.1, 0.15) is 5.56 Å². The summed E-state index contributed by atoms with van der Waals surface area (Å²) in [5.41, 5.74) is 3.53. The first-order valence-corrected chi connectivity index (χ1v) is 15.7. The topological polar surface area (TPSA) is 0 Å². The van der Waals surface area contributed by atoms with Crippen LogP contribution in [0.4, 0.5) is 26.3 Å². The Kier molecular flexibility index (Phi) is 6.31. The molecule has 0 aromatic heterocycles. The van der Waals surface area contributed by atoms with Crippen LogP contribution in [0.2, 0.25) is 0 Å². The first-order valence-electron chi connectivity index (χ1n) is 15.7. The fraction of sp³-hybridized carbons (Fsp3) is 0.0233. The maximum Gasteiger partial charge on any atom is 0.416 e. The van der Waals surface area contributed by atoms with Crippen LogP contribution in [0.15, 0.2) is 133 Å². The van der Waals surface area contributed by atoms with E-state index < -0.39 is 17.6 Å². The highest BCUT2D eigenvalue weighted by atomic mass is 19.4. The van der Waals surface area contributed by atoms with Crippen molar-refractivity contribution in [1.29, 1.82) is 0 Å². The van der Waals surface area contributed by atoms with Gasteiger partial charge in [-0.15, -0.1) is 0 Å². The van der Waals surface area contributed by atoms with Crippen LogP contribution >= 0.6 is 0 Å². The fourth-order valence-electron chi connectivity index (χ4n) is 7.52. The van der Waals surface area contributed by atoms with Crippen molar-refractivity contribution in [2.75, 3.05) is 0 Å². The molecular weight excluding hydrogens is 630 g/mol. The minimum atomic E-state index is -4.49. The van der Waals surface area contributed by atoms with Gasteiger partial charge >= 0.3 is 6.18 Å². The van der Waals surface area contributed by atoms with Crippen LogP contribution in [-0.2, 0) is 6.18 Å². The molecule has 49 heavy (non-hydrogen) atoms. The standard InChI is InChI=1S/C43H22F6/c44-27-13-7-23(8-14-27)29-16-9-25-10-17-33-32(19-20-35-38(46)22-37(29)40(25)42(33)35)41-31-4-2-1-3-30(31)39(36-21-28(45)15-18-34(36)41)24-5-11-26(12-6-24)43(47,48)49/h1-22H. The van der Waals surface area contributed by atoms with E-state index in [9.17, 15) is 17.6 Å². The highest BCUT2D eigenvalue weighted by Crippen LogP contribution is 2.48. The zero-order chi connectivity index (χ0) is 33.6. The molecule has 0 amide bonds. The third-order valence-corrected chi connectivity index (χ3v) is 9.64. The number of hydrogen-bond donors (Lipinski definition) is 0. The molecule has 0 fully saturated rings. The van der Waals surface area contributed by atoms with Crippen LogP contribution in [0.3, 0.4) is 0 Å². The molecule has 0 bridgehead atoms. The first-order chi connectivity index (χ1) is 23.7. The van der Waals surface area contributed by atoms with Crippen molar-refractivity contribution in [3.05, 3.63) is 156 Å². The summed E-state index contributed by atoms with van der Waals surface area (Å²) in [4.78, 5) is 0. The largest absolute Gasteiger partial charge is 0.416 e. The Morgan fingerprint density at radius 1 is 0.388 bits per heavy atom. The zero-order valence-corrected chi connectivity index (χ0v) is 25.5. The van der Waals surface area contributed by atoms with Crippen molar-refractivity contribution in [2.24, 2.45) is 0 Å². The molecule has 0 aliphatic carbocycles. The highest BCUT2D eigenvalue weighted by molar-refractivity contribution is 6.30. The lowest BCUT2D eigenvalue weighted by molar-refractivity contribution is -0.137. The molecule has 0 heterocycles. The number of hydrogen-bond acceptors (Lipinski definition) is 0. The van der Waals surface area contributed by atoms with E-state index in [1.54, 1.807) is 24.3 Å². The van der Waals surface area contributed by atoms with E-state index in [2.05, 4.69) is 0 Å². The van der Waals surface area contributed by atoms with Gasteiger partial charge in [0.1, 0.15) is 17.5 Å². The van der Waals surface area contributed by atoms with Gasteiger partial charge in [-0.3, -0.25) is 0 Å². The Balaban J connectivity index is 1.38. The molecule has 0 atom stereocenters. The molecule has 9 rings (SSSR count). The van der Waals surface area contributed by atoms with Gasteiger partial charge in [0.2, 0.25) is 0 Å². The van der Waals surface area contributed by atoms with E-state index in [0.29, 0.717) is 32.7 Å². The van der Waals surface area contributed by atoms with Gasteiger partial charge in [-0.2, -0.15) is 13.2 Å². The third-order valence-electron chi connectivity index (χ3n) is 9.64. The lowest BCUT2D eigenvalue weighted by Gasteiger charge is -2.21. The molecule has 0 spiro atoms. The second-order valence-corrected chi connectivity index (χ2v) is 12.3. The summed E-state index contributed by atoms with van der Waals surface area (Å²) in [7, 11) is 0. The number of benzene rings is 9. The fourth-order valence-corrected chi connectivity index (χ4v) is 7.52. The molecule has 0 aliphatic rings. The van der Waals surface area contributed by atoms with Crippen molar-refractivity contribution in [1.82, 2.24) is 0 Å². The van der Waals surface area contributed by atoms with Crippen LogP contribution in [0, 0.1) is 17.5 Å². The average molecular weight is 653 g/mol. The molecule has 0 radical (unpaired) electrons. The van der Waals surface area contributed by atoms with Gasteiger partial charge in [-0.25, -0.2) is 13.2 Å². The van der Waals surface area contributed by atoms with Gasteiger partial charge in [0.15, 0.2) is 0 Å². The smallest absolute Gasteiger partial charge is 0.207 e. The highest BCUT2D eigenvalue weighted by Gasteiger charge is 2.30. The Morgan fingerprint density at radius 3 is 1.71 bits per heavy atom. The molecule has 6 heteroatoms. The lowest BCUT2D eigenvalue weighted by atomic mass is 9.82. The van der Waals surface area contributed by atoms with Crippen molar-refractivity contribution in [2.45, 2.75) is 6.18 Å². The average Bonchev–Trinajstić information content (AvgIpc) is 3.10. The zero-order valence-electron chi connectivity index (χ0n) is 25.5. The molecule has 0 saturated heterocycles. The minimum absolute atomic E-state index is 0.360. The summed E-state index contributed by atoms with van der Waals surface area (Å²) >= 11 is 0. The van der Waals surface area contributed by atoms with Crippen molar-refractivity contribution < 1.29 is 26.3 Å². The van der Waals surface area contributed by atoms with Gasteiger partial charge in [0, 0.05) is 10.8 Å². The molecular formula is C43H22F6. The SMILES string of the molecule is Fc1ccc(-c2ccc3ccc4c(-c5c6ccccc6c(-c6ccc(C(F)(F)F)cc6)c6cc(F)ccc56)ccc5c(F)cc2c3c54)cc1. The summed E-state index contributed by atoms with van der Waals surface area (Å²) in [6, 6.07) is 36.2. The van der Waals surface area contributed by atoms with Gasteiger partial charge in [0.05, 0.1) is 5.56 Å². The Hall–Kier alpha value is -5.88. The summed E-state index contributed by atoms with van der Waals surface area (Å²) in [5.74, 6) is -1.23. The van der Waals surface area contributed by atoms with Crippen LogP contribution < -0.4 is 0 Å². The quantitative estimate of drug-likeness (QED) is 0.101. The van der Waals surface area contributed by atoms with Gasteiger partial charge in [-0.1, -0.05) is 91.0 Å². The summed E-state index contributed by atoms with van der Waals surface area (Å²) in [6.45, 7) is 0. The van der Waals surface area contributed by atoms with E-state index >= 15 is 8.78 Å². The molecule has 0 N–H and O–H groups in total. The number of halogens is 6. The van der Waals surface area contributed by atoms with Crippen LogP contribution in [-0.4, -0.2) is 0 Å². The Labute approximate surface area is 275 Å². The number of rotatable bonds is 3. The van der Waals surface area contributed by atoms with Crippen molar-refractivity contribution in [3.63, 3.8) is 0 Å². The van der Waals surface area contributed by atoms with E-state index in [0.717, 1.165) is 66.7 Å². The molecule has 0 aliphatic heterocycles. The van der Waals surface area contributed by atoms with E-state index in [4.69, 9.17) is 0 Å². The molecule has 0 saturated carbocycles. The monoisotopic (exact) mass is 652 g/mol. The van der Waals surface area contributed by atoms with Crippen molar-refractivity contribution >= 4 is 53.9 Å². The van der Waals surface area contributed by atoms with Gasteiger partial charge < -0.3 is 0 Å². The molecule has 0 nitrogen and oxygen atoms in total. The second-order valence-electron chi connectivity index (χ2n) is 12.3. The minimum Gasteiger partial charge on any atom is -0.207 e. The van der Waals surface area contributed by atoms with Crippen LogP contribution in [0.5, 0.6) is 0 Å². The second kappa shape index (κ2) is 10.6. The summed E-state index contributed by atoms with van der Waals surface area (Å²) < 4.78 is 85.3. The normalized spacial score (nSPS) is 12.3. The molecule has 236 valence electrons. The van der Waals surface area contributed by atoms with E-state index in [-0.39, 0.29) is 11.6 Å². The lowest BCUT2D eigenvalue weighted by Crippen LogP contribution is -2.04. The predicted octanol–water partition coefficient (Wildman–Crippen LogP) is 13.3. The van der Waals surface area contributed by atoms with Gasteiger partial charge in [-0.05, 0) is 119 Å². The number of alkyl halides is 3. The van der Waals surface area contributed by atoms with Gasteiger partial charge in [0.25, 0.3) is 0 Å². The summed E-state index contributed by atoms with van der Waals surface area (Å²) in [6.07, 6.45) is -4.49. The Bertz CT molecular complexity index is 2760. The number of fused-ring (bicyclic) bond motifs is 2. The molecule has 9 aromatic rings. The maximum absolute atomic E-state index is 16.0. The first kappa shape index (κ1) is 29.3. The predicted molar refractivity (Wildman–Crippen MR) is 186 cm³/mol. The molecule has 9 aromatic carbocycles. The van der Waals surface area contributed by atoms with E-state index in [1.807, 2.05) is 54.6 Å². The summed E-state index contributed by atoms with van der Waals surface area (Å²) in [5, 5.41) is 7.29. The third kappa shape index (κ3) is 4.47. The van der Waals surface area contributed by atoms with E-state index in [1.165, 1.54) is 42.5 Å². The van der Waals surface area contributed by atoms with Crippen LogP contribution in [0.25, 0.3) is 87.2 Å². The Morgan fingerprint density at radius 2 is 0.980 bits per heavy atom. The maximum atomic E-state index is 16.0. The van der Waals surface area contributed by atoms with Crippen molar-refractivity contribution in [3.8, 4) is 33.4 Å².